The third-order valence-electron chi connectivity index (χ3n) is 5.01. The van der Waals surface area contributed by atoms with E-state index in [-0.39, 0.29) is 35.8 Å². The Labute approximate surface area is 210 Å². The van der Waals surface area contributed by atoms with Crippen molar-refractivity contribution in [3.05, 3.63) is 62.5 Å². The number of carbonyl (C=O) groups is 2. The largest absolute Gasteiger partial charge is 0.466 e. The highest BCUT2D eigenvalue weighted by Gasteiger charge is 2.39. The van der Waals surface area contributed by atoms with Crippen LogP contribution in [0.15, 0.2) is 46.8 Å². The molecule has 34 heavy (non-hydrogen) atoms. The number of esters is 2. The van der Waals surface area contributed by atoms with Crippen molar-refractivity contribution in [2.75, 3.05) is 31.8 Å². The summed E-state index contributed by atoms with van der Waals surface area (Å²) in [4.78, 5) is 36.7. The summed E-state index contributed by atoms with van der Waals surface area (Å²) < 4.78 is 10.3. The van der Waals surface area contributed by atoms with E-state index in [0.29, 0.717) is 28.8 Å². The number of non-ortho nitro benzene ring substituents is 1. The van der Waals surface area contributed by atoms with Crippen LogP contribution < -0.4 is 10.6 Å². The molecule has 1 aromatic rings. The average Bonchev–Trinajstić information content (AvgIpc) is 2.77. The second-order valence-electron chi connectivity index (χ2n) is 7.71. The summed E-state index contributed by atoms with van der Waals surface area (Å²) in [5, 5.41) is 17.9. The van der Waals surface area contributed by atoms with Crippen LogP contribution in [0.3, 0.4) is 0 Å². The first-order valence-electron chi connectivity index (χ1n) is 10.7. The highest BCUT2D eigenvalue weighted by Crippen LogP contribution is 2.40. The van der Waals surface area contributed by atoms with Crippen molar-refractivity contribution >= 4 is 41.8 Å². The van der Waals surface area contributed by atoms with Crippen molar-refractivity contribution < 1.29 is 24.0 Å². The second kappa shape index (κ2) is 14.0. The summed E-state index contributed by atoms with van der Waals surface area (Å²) in [6, 6.07) is 6.32. The van der Waals surface area contributed by atoms with Crippen LogP contribution in [0.2, 0.25) is 0 Å². The highest BCUT2D eigenvalue weighted by atomic mass is 35.5. The molecule has 0 saturated heterocycles. The van der Waals surface area contributed by atoms with Gasteiger partial charge < -0.3 is 20.1 Å². The Hall–Kier alpha value is -2.56. The van der Waals surface area contributed by atoms with E-state index in [4.69, 9.17) is 9.47 Å². The van der Waals surface area contributed by atoms with Crippen molar-refractivity contribution in [1.82, 2.24) is 10.6 Å². The van der Waals surface area contributed by atoms with Crippen LogP contribution in [0.25, 0.3) is 0 Å². The van der Waals surface area contributed by atoms with Gasteiger partial charge in [-0.25, -0.2) is 9.59 Å². The van der Waals surface area contributed by atoms with E-state index in [1.54, 1.807) is 31.7 Å². The van der Waals surface area contributed by atoms with Crippen molar-refractivity contribution in [2.24, 2.45) is 0 Å². The summed E-state index contributed by atoms with van der Waals surface area (Å²) in [5.41, 5.74) is 1.93. The Bertz CT molecular complexity index is 964. The number of ether oxygens (including phenoxy) is 2. The standard InChI is InChI=1S/C23H31N3O6S.ClH/c1-6-32-23(28)21-18(13-33-11-10-24-14(2)3)25-15(4)19(22(27)31-5)20(21)16-8-7-9-17(12-16)26(29)30;/h7-9,12,14,20,24-25H,6,10-11,13H2,1-5H3;1H. The molecule has 188 valence electrons. The molecule has 0 spiro atoms. The zero-order valence-corrected chi connectivity index (χ0v) is 21.6. The van der Waals surface area contributed by atoms with Crippen LogP contribution in [0.4, 0.5) is 5.69 Å². The van der Waals surface area contributed by atoms with E-state index in [1.807, 2.05) is 0 Å². The normalized spacial score (nSPS) is 15.5. The molecule has 1 aliphatic heterocycles. The van der Waals surface area contributed by atoms with Crippen LogP contribution in [-0.2, 0) is 19.1 Å². The maximum absolute atomic E-state index is 13.1. The number of hydrogen-bond donors (Lipinski definition) is 2. The first kappa shape index (κ1) is 29.5. The van der Waals surface area contributed by atoms with Crippen LogP contribution in [-0.4, -0.2) is 54.7 Å². The van der Waals surface area contributed by atoms with Gasteiger partial charge in [0, 0.05) is 47.6 Å². The molecule has 2 rings (SSSR count). The van der Waals surface area contributed by atoms with Gasteiger partial charge in [-0.15, -0.1) is 12.4 Å². The molecule has 0 bridgehead atoms. The molecule has 1 heterocycles. The lowest BCUT2D eigenvalue weighted by molar-refractivity contribution is -0.384. The molecule has 0 fully saturated rings. The first-order valence-corrected chi connectivity index (χ1v) is 11.9. The fraction of sp³-hybridized carbons (Fsp3) is 0.478. The number of nitrogens with one attached hydrogen (secondary N) is 2. The summed E-state index contributed by atoms with van der Waals surface area (Å²) in [5.74, 6) is -0.766. The van der Waals surface area contributed by atoms with Crippen molar-refractivity contribution in [1.29, 1.82) is 0 Å². The maximum Gasteiger partial charge on any atom is 0.336 e. The molecular weight excluding hydrogens is 482 g/mol. The first-order chi connectivity index (χ1) is 15.7. The zero-order chi connectivity index (χ0) is 24.5. The number of nitro benzene ring substituents is 1. The third kappa shape index (κ3) is 7.48. The molecule has 9 nitrogen and oxygen atoms in total. The molecule has 1 aliphatic rings. The van der Waals surface area contributed by atoms with E-state index in [0.717, 1.165) is 12.3 Å². The van der Waals surface area contributed by atoms with E-state index >= 15 is 0 Å². The Balaban J connectivity index is 0.00000578. The van der Waals surface area contributed by atoms with Gasteiger partial charge in [-0.1, -0.05) is 26.0 Å². The van der Waals surface area contributed by atoms with Gasteiger partial charge in [0.25, 0.3) is 5.69 Å². The fourth-order valence-corrected chi connectivity index (χ4v) is 4.42. The van der Waals surface area contributed by atoms with Gasteiger partial charge in [0.05, 0.1) is 35.7 Å². The number of rotatable bonds is 11. The number of benzene rings is 1. The number of allylic oxidation sites excluding steroid dienone is 1. The molecular formula is C23H32ClN3O6S. The van der Waals surface area contributed by atoms with Crippen molar-refractivity contribution in [3.8, 4) is 0 Å². The maximum atomic E-state index is 13.1. The van der Waals surface area contributed by atoms with Crippen molar-refractivity contribution in [2.45, 2.75) is 39.7 Å². The monoisotopic (exact) mass is 513 g/mol. The van der Waals surface area contributed by atoms with Crippen molar-refractivity contribution in [3.63, 3.8) is 0 Å². The Morgan fingerprint density at radius 1 is 1.26 bits per heavy atom. The molecule has 1 atom stereocenters. The van der Waals surface area contributed by atoms with E-state index < -0.39 is 22.8 Å². The third-order valence-corrected chi connectivity index (χ3v) is 5.99. The van der Waals surface area contributed by atoms with E-state index in [2.05, 4.69) is 24.5 Å². The Morgan fingerprint density at radius 2 is 1.97 bits per heavy atom. The number of dihydropyridines is 1. The topological polar surface area (TPSA) is 120 Å². The van der Waals surface area contributed by atoms with Gasteiger partial charge >= 0.3 is 11.9 Å². The average molecular weight is 514 g/mol. The number of nitro groups is 1. The molecule has 0 saturated carbocycles. The number of halogens is 1. The highest BCUT2D eigenvalue weighted by molar-refractivity contribution is 7.99. The predicted octanol–water partition coefficient (Wildman–Crippen LogP) is 3.70. The molecule has 0 aliphatic carbocycles. The van der Waals surface area contributed by atoms with Gasteiger partial charge in [0.1, 0.15) is 0 Å². The SMILES string of the molecule is CCOC(=O)C1=C(CSCCNC(C)C)NC(C)=C(C(=O)OC)C1c1cccc([N+](=O)[O-])c1.Cl. The van der Waals surface area contributed by atoms with Gasteiger partial charge in [0.15, 0.2) is 0 Å². The van der Waals surface area contributed by atoms with E-state index in [9.17, 15) is 19.7 Å². The minimum atomic E-state index is -0.859. The minimum Gasteiger partial charge on any atom is -0.466 e. The molecule has 1 aromatic carbocycles. The van der Waals surface area contributed by atoms with E-state index in [1.165, 1.54) is 25.3 Å². The summed E-state index contributed by atoms with van der Waals surface area (Å²) in [6.45, 7) is 8.52. The second-order valence-corrected chi connectivity index (χ2v) is 8.82. The summed E-state index contributed by atoms with van der Waals surface area (Å²) >= 11 is 1.63. The Kier molecular flexibility index (Phi) is 12.1. The number of nitrogens with zero attached hydrogens (tertiary/aromatic N) is 1. The molecule has 0 radical (unpaired) electrons. The lowest BCUT2D eigenvalue weighted by Crippen LogP contribution is -2.34. The number of hydrogen-bond acceptors (Lipinski definition) is 9. The fourth-order valence-electron chi connectivity index (χ4n) is 3.59. The quantitative estimate of drug-likeness (QED) is 0.197. The minimum absolute atomic E-state index is 0. The van der Waals surface area contributed by atoms with Gasteiger partial charge in [0.2, 0.25) is 0 Å². The molecule has 1 unspecified atom stereocenters. The van der Waals surface area contributed by atoms with Crippen LogP contribution in [0.1, 0.15) is 39.2 Å². The molecule has 11 heteroatoms. The van der Waals surface area contributed by atoms with Crippen LogP contribution >= 0.6 is 24.2 Å². The number of methoxy groups -OCH3 is 1. The Morgan fingerprint density at radius 3 is 2.56 bits per heavy atom. The molecule has 0 aromatic heterocycles. The number of carbonyl (C=O) groups excluding carboxylic acids is 2. The lowest BCUT2D eigenvalue weighted by atomic mass is 9.80. The van der Waals surface area contributed by atoms with Gasteiger partial charge in [-0.3, -0.25) is 10.1 Å². The van der Waals surface area contributed by atoms with Crippen LogP contribution in [0.5, 0.6) is 0 Å². The van der Waals surface area contributed by atoms with Gasteiger partial charge in [-0.2, -0.15) is 11.8 Å². The summed E-state index contributed by atoms with van der Waals surface area (Å²) in [6.07, 6.45) is 0. The zero-order valence-electron chi connectivity index (χ0n) is 20.0. The van der Waals surface area contributed by atoms with Crippen LogP contribution in [0, 0.1) is 10.1 Å². The smallest absolute Gasteiger partial charge is 0.336 e. The predicted molar refractivity (Wildman–Crippen MR) is 135 cm³/mol. The lowest BCUT2D eigenvalue weighted by Gasteiger charge is -2.31. The molecule has 0 amide bonds. The molecule has 2 N–H and O–H groups in total. The number of thioether (sulfide) groups is 1. The van der Waals surface area contributed by atoms with Gasteiger partial charge in [-0.05, 0) is 19.4 Å². The summed E-state index contributed by atoms with van der Waals surface area (Å²) in [7, 11) is 1.26.